The molecule has 1 aliphatic rings. The number of nitrogens with zero attached hydrogens (tertiary/aromatic N) is 2. The van der Waals surface area contributed by atoms with E-state index in [0.717, 1.165) is 0 Å². The fraction of sp³-hybridized carbons (Fsp3) is 0.294. The van der Waals surface area contributed by atoms with Gasteiger partial charge in [0.05, 0.1) is 24.0 Å². The molecule has 126 valence electrons. The molecule has 7 heteroatoms. The quantitative estimate of drug-likeness (QED) is 0.855. The summed E-state index contributed by atoms with van der Waals surface area (Å²) in [6, 6.07) is 8.29. The molecule has 0 unspecified atom stereocenters. The highest BCUT2D eigenvalue weighted by molar-refractivity contribution is 6.34. The van der Waals surface area contributed by atoms with E-state index in [4.69, 9.17) is 20.8 Å². The summed E-state index contributed by atoms with van der Waals surface area (Å²) in [6.45, 7) is 1.82. The number of hydrogen-bond donors (Lipinski definition) is 0. The number of furan rings is 1. The van der Waals surface area contributed by atoms with Crippen molar-refractivity contribution >= 4 is 23.4 Å². The van der Waals surface area contributed by atoms with Crippen LogP contribution in [0.25, 0.3) is 0 Å². The van der Waals surface area contributed by atoms with E-state index in [1.54, 1.807) is 47.2 Å². The molecule has 0 aliphatic carbocycles. The van der Waals surface area contributed by atoms with Crippen molar-refractivity contribution in [3.8, 4) is 5.75 Å². The third-order valence-electron chi connectivity index (χ3n) is 3.99. The van der Waals surface area contributed by atoms with E-state index in [1.807, 2.05) is 0 Å². The molecule has 0 atom stereocenters. The Bertz CT molecular complexity index is 737. The zero-order chi connectivity index (χ0) is 17.1. The van der Waals surface area contributed by atoms with Gasteiger partial charge in [-0.1, -0.05) is 11.6 Å². The zero-order valence-corrected chi connectivity index (χ0v) is 14.0. The molecule has 0 spiro atoms. The minimum absolute atomic E-state index is 0.146. The maximum Gasteiger partial charge on any atom is 0.289 e. The molecule has 3 rings (SSSR count). The van der Waals surface area contributed by atoms with Gasteiger partial charge in [0.15, 0.2) is 5.76 Å². The second-order valence-corrected chi connectivity index (χ2v) is 5.81. The molecule has 1 saturated heterocycles. The van der Waals surface area contributed by atoms with Crippen molar-refractivity contribution < 1.29 is 18.7 Å². The first kappa shape index (κ1) is 16.4. The summed E-state index contributed by atoms with van der Waals surface area (Å²) >= 11 is 6.16. The van der Waals surface area contributed by atoms with Gasteiger partial charge in [0, 0.05) is 26.2 Å². The number of rotatable bonds is 3. The predicted molar refractivity (Wildman–Crippen MR) is 88.5 cm³/mol. The third kappa shape index (κ3) is 3.23. The second kappa shape index (κ2) is 6.97. The van der Waals surface area contributed by atoms with Crippen molar-refractivity contribution in [3.05, 3.63) is 52.9 Å². The maximum atomic E-state index is 12.6. The molecular formula is C17H17ClN2O4. The Labute approximate surface area is 144 Å². The van der Waals surface area contributed by atoms with Crippen LogP contribution < -0.4 is 4.74 Å². The molecular weight excluding hydrogens is 332 g/mol. The van der Waals surface area contributed by atoms with Crippen molar-refractivity contribution in [2.45, 2.75) is 0 Å². The van der Waals surface area contributed by atoms with Gasteiger partial charge in [0.25, 0.3) is 11.8 Å². The number of piperazine rings is 1. The van der Waals surface area contributed by atoms with Gasteiger partial charge in [-0.2, -0.15) is 0 Å². The van der Waals surface area contributed by atoms with Crippen LogP contribution in [0, 0.1) is 0 Å². The first-order valence-corrected chi connectivity index (χ1v) is 7.93. The lowest BCUT2D eigenvalue weighted by atomic mass is 10.1. The number of amides is 2. The van der Waals surface area contributed by atoms with Crippen LogP contribution in [0.15, 0.2) is 41.0 Å². The first-order chi connectivity index (χ1) is 11.6. The minimum Gasteiger partial charge on any atom is -0.497 e. The van der Waals surface area contributed by atoms with Gasteiger partial charge in [-0.05, 0) is 30.3 Å². The van der Waals surface area contributed by atoms with Crippen molar-refractivity contribution in [2.24, 2.45) is 0 Å². The van der Waals surface area contributed by atoms with Crippen LogP contribution in [-0.2, 0) is 0 Å². The number of carbonyl (C=O) groups is 2. The highest BCUT2D eigenvalue weighted by atomic mass is 35.5. The standard InChI is InChI=1S/C17H17ClN2O4/c1-23-12-4-5-13(14(18)11-12)16(21)19-6-8-20(9-7-19)17(22)15-3-2-10-24-15/h2-5,10-11H,6-9H2,1H3. The van der Waals surface area contributed by atoms with E-state index in [1.165, 1.54) is 6.26 Å². The molecule has 1 fully saturated rings. The van der Waals surface area contributed by atoms with Crippen LogP contribution in [0.3, 0.4) is 0 Å². The van der Waals surface area contributed by atoms with Gasteiger partial charge in [-0.15, -0.1) is 0 Å². The van der Waals surface area contributed by atoms with E-state index in [-0.39, 0.29) is 11.8 Å². The molecule has 1 aromatic heterocycles. The molecule has 1 aliphatic heterocycles. The van der Waals surface area contributed by atoms with Crippen molar-refractivity contribution in [1.82, 2.24) is 9.80 Å². The predicted octanol–water partition coefficient (Wildman–Crippen LogP) is 2.54. The lowest BCUT2D eigenvalue weighted by Gasteiger charge is -2.34. The summed E-state index contributed by atoms with van der Waals surface area (Å²) in [5, 5.41) is 0.355. The highest BCUT2D eigenvalue weighted by Gasteiger charge is 2.27. The van der Waals surface area contributed by atoms with Gasteiger partial charge in [0.1, 0.15) is 5.75 Å². The molecule has 0 radical (unpaired) electrons. The number of ether oxygens (including phenoxy) is 1. The van der Waals surface area contributed by atoms with Crippen LogP contribution in [0.2, 0.25) is 5.02 Å². The molecule has 0 bridgehead atoms. The van der Waals surface area contributed by atoms with E-state index in [9.17, 15) is 9.59 Å². The normalized spacial score (nSPS) is 14.6. The number of benzene rings is 1. The maximum absolute atomic E-state index is 12.6. The van der Waals surface area contributed by atoms with Gasteiger partial charge >= 0.3 is 0 Å². The van der Waals surface area contributed by atoms with Gasteiger partial charge < -0.3 is 19.0 Å². The molecule has 24 heavy (non-hydrogen) atoms. The fourth-order valence-electron chi connectivity index (χ4n) is 2.64. The number of hydrogen-bond acceptors (Lipinski definition) is 4. The molecule has 2 amide bonds. The number of carbonyl (C=O) groups excluding carboxylic acids is 2. The lowest BCUT2D eigenvalue weighted by Crippen LogP contribution is -2.50. The number of methoxy groups -OCH3 is 1. The van der Waals surface area contributed by atoms with E-state index in [0.29, 0.717) is 48.3 Å². The SMILES string of the molecule is COc1ccc(C(=O)N2CCN(C(=O)c3ccco3)CC2)c(Cl)c1. The highest BCUT2D eigenvalue weighted by Crippen LogP contribution is 2.24. The van der Waals surface area contributed by atoms with Gasteiger partial charge in [-0.3, -0.25) is 9.59 Å². The van der Waals surface area contributed by atoms with Crippen LogP contribution >= 0.6 is 11.6 Å². The van der Waals surface area contributed by atoms with E-state index >= 15 is 0 Å². The average molecular weight is 349 g/mol. The lowest BCUT2D eigenvalue weighted by molar-refractivity contribution is 0.0518. The molecule has 6 nitrogen and oxygen atoms in total. The Morgan fingerprint density at radius 1 is 1.08 bits per heavy atom. The topological polar surface area (TPSA) is 63.0 Å². The Hall–Kier alpha value is -2.47. The monoisotopic (exact) mass is 348 g/mol. The molecule has 0 saturated carbocycles. The van der Waals surface area contributed by atoms with Crippen molar-refractivity contribution in [2.75, 3.05) is 33.3 Å². The number of halogens is 1. The fourth-order valence-corrected chi connectivity index (χ4v) is 2.89. The summed E-state index contributed by atoms with van der Waals surface area (Å²) in [6.07, 6.45) is 1.47. The van der Waals surface area contributed by atoms with Crippen molar-refractivity contribution in [1.29, 1.82) is 0 Å². The third-order valence-corrected chi connectivity index (χ3v) is 4.31. The summed E-state index contributed by atoms with van der Waals surface area (Å²) in [7, 11) is 1.54. The molecule has 0 N–H and O–H groups in total. The van der Waals surface area contributed by atoms with Crippen LogP contribution in [0.1, 0.15) is 20.9 Å². The Balaban J connectivity index is 1.64. The van der Waals surface area contributed by atoms with Crippen LogP contribution in [-0.4, -0.2) is 54.9 Å². The Kier molecular flexibility index (Phi) is 4.76. The summed E-state index contributed by atoms with van der Waals surface area (Å²) in [5.74, 6) is 0.612. The van der Waals surface area contributed by atoms with E-state index < -0.39 is 0 Å². The van der Waals surface area contributed by atoms with E-state index in [2.05, 4.69) is 0 Å². The molecule has 1 aromatic carbocycles. The molecule has 2 aromatic rings. The zero-order valence-electron chi connectivity index (χ0n) is 13.2. The van der Waals surface area contributed by atoms with Crippen LogP contribution in [0.5, 0.6) is 5.75 Å². The van der Waals surface area contributed by atoms with Gasteiger partial charge in [-0.25, -0.2) is 0 Å². The summed E-state index contributed by atoms with van der Waals surface area (Å²) < 4.78 is 10.2. The smallest absolute Gasteiger partial charge is 0.289 e. The molecule has 2 heterocycles. The Morgan fingerprint density at radius 3 is 2.29 bits per heavy atom. The summed E-state index contributed by atoms with van der Waals surface area (Å²) in [4.78, 5) is 28.2. The second-order valence-electron chi connectivity index (χ2n) is 5.41. The van der Waals surface area contributed by atoms with Crippen LogP contribution in [0.4, 0.5) is 0 Å². The largest absolute Gasteiger partial charge is 0.497 e. The Morgan fingerprint density at radius 2 is 1.75 bits per heavy atom. The van der Waals surface area contributed by atoms with Crippen molar-refractivity contribution in [3.63, 3.8) is 0 Å². The van der Waals surface area contributed by atoms with Gasteiger partial charge in [0.2, 0.25) is 0 Å². The summed E-state index contributed by atoms with van der Waals surface area (Å²) in [5.41, 5.74) is 0.434. The average Bonchev–Trinajstić information content (AvgIpc) is 3.15. The first-order valence-electron chi connectivity index (χ1n) is 7.55. The minimum atomic E-state index is -0.158.